The van der Waals surface area contributed by atoms with Crippen molar-refractivity contribution in [1.29, 1.82) is 0 Å². The summed E-state index contributed by atoms with van der Waals surface area (Å²) >= 11 is 0. The van der Waals surface area contributed by atoms with E-state index >= 15 is 0 Å². The van der Waals surface area contributed by atoms with Crippen molar-refractivity contribution in [2.45, 2.75) is 27.3 Å². The largest absolute Gasteiger partial charge is 0.313 e. The van der Waals surface area contributed by atoms with E-state index in [0.29, 0.717) is 0 Å². The Morgan fingerprint density at radius 3 is 2.82 bits per heavy atom. The lowest BCUT2D eigenvalue weighted by Crippen LogP contribution is -2.16. The smallest absolute Gasteiger partial charge is 0.158 e. The standard InChI is InChI=1S/C13H18N4/c1-4-14-9-12-10(2)8-11(3)16-13(12)17-7-5-6-15-17/h5-8,14H,4,9H2,1-3H3. The minimum atomic E-state index is 0.824. The van der Waals surface area contributed by atoms with Gasteiger partial charge in [0.1, 0.15) is 0 Å². The lowest BCUT2D eigenvalue weighted by Gasteiger charge is -2.13. The fourth-order valence-corrected chi connectivity index (χ4v) is 1.90. The van der Waals surface area contributed by atoms with Crippen LogP contribution < -0.4 is 5.32 Å². The van der Waals surface area contributed by atoms with Crippen LogP contribution in [-0.2, 0) is 6.54 Å². The van der Waals surface area contributed by atoms with Gasteiger partial charge in [0.25, 0.3) is 0 Å². The number of nitrogens with zero attached hydrogens (tertiary/aromatic N) is 3. The molecular formula is C13H18N4. The van der Waals surface area contributed by atoms with Crippen molar-refractivity contribution in [2.24, 2.45) is 0 Å². The SMILES string of the molecule is CCNCc1c(C)cc(C)nc1-n1cccn1. The number of nitrogens with one attached hydrogen (secondary N) is 1. The molecule has 2 heterocycles. The number of rotatable bonds is 4. The van der Waals surface area contributed by atoms with Gasteiger partial charge in [-0.3, -0.25) is 0 Å². The number of aromatic nitrogens is 3. The molecule has 2 rings (SSSR count). The average Bonchev–Trinajstić information content (AvgIpc) is 2.80. The van der Waals surface area contributed by atoms with E-state index in [2.05, 4.69) is 35.3 Å². The Bertz CT molecular complexity index is 488. The normalized spacial score (nSPS) is 10.8. The zero-order valence-electron chi connectivity index (χ0n) is 10.6. The number of pyridine rings is 1. The summed E-state index contributed by atoms with van der Waals surface area (Å²) in [6.07, 6.45) is 3.70. The van der Waals surface area contributed by atoms with Gasteiger partial charge in [-0.1, -0.05) is 6.92 Å². The minimum absolute atomic E-state index is 0.824. The molecule has 4 nitrogen and oxygen atoms in total. The second kappa shape index (κ2) is 5.10. The zero-order valence-corrected chi connectivity index (χ0v) is 10.6. The Hall–Kier alpha value is -1.68. The number of aryl methyl sites for hydroxylation is 2. The lowest BCUT2D eigenvalue weighted by molar-refractivity contribution is 0.704. The summed E-state index contributed by atoms with van der Waals surface area (Å²) in [4.78, 5) is 4.59. The van der Waals surface area contributed by atoms with Crippen LogP contribution in [0, 0.1) is 13.8 Å². The fraction of sp³-hybridized carbons (Fsp3) is 0.385. The van der Waals surface area contributed by atoms with Crippen molar-refractivity contribution in [3.63, 3.8) is 0 Å². The molecule has 0 atom stereocenters. The monoisotopic (exact) mass is 230 g/mol. The van der Waals surface area contributed by atoms with Gasteiger partial charge in [0.2, 0.25) is 0 Å². The van der Waals surface area contributed by atoms with Gasteiger partial charge in [0, 0.05) is 30.2 Å². The van der Waals surface area contributed by atoms with Crippen LogP contribution in [0.4, 0.5) is 0 Å². The second-order valence-electron chi connectivity index (χ2n) is 4.11. The molecule has 0 spiro atoms. The van der Waals surface area contributed by atoms with Crippen LogP contribution in [0.25, 0.3) is 5.82 Å². The highest BCUT2D eigenvalue weighted by Crippen LogP contribution is 2.17. The first-order valence-electron chi connectivity index (χ1n) is 5.90. The van der Waals surface area contributed by atoms with E-state index in [1.54, 1.807) is 6.20 Å². The van der Waals surface area contributed by atoms with Crippen LogP contribution in [0.5, 0.6) is 0 Å². The van der Waals surface area contributed by atoms with Gasteiger partial charge < -0.3 is 5.32 Å². The molecule has 17 heavy (non-hydrogen) atoms. The minimum Gasteiger partial charge on any atom is -0.313 e. The quantitative estimate of drug-likeness (QED) is 0.873. The molecule has 90 valence electrons. The van der Waals surface area contributed by atoms with E-state index in [1.807, 2.05) is 23.9 Å². The van der Waals surface area contributed by atoms with Gasteiger partial charge in [-0.05, 0) is 38.1 Å². The third-order valence-electron chi connectivity index (χ3n) is 2.73. The van der Waals surface area contributed by atoms with Crippen molar-refractivity contribution >= 4 is 0 Å². The third kappa shape index (κ3) is 2.53. The van der Waals surface area contributed by atoms with Gasteiger partial charge in [-0.25, -0.2) is 9.67 Å². The van der Waals surface area contributed by atoms with Crippen LogP contribution in [0.3, 0.4) is 0 Å². The molecule has 0 amide bonds. The molecule has 0 saturated heterocycles. The van der Waals surface area contributed by atoms with Crippen LogP contribution in [0.1, 0.15) is 23.7 Å². The van der Waals surface area contributed by atoms with Crippen molar-refractivity contribution in [2.75, 3.05) is 6.54 Å². The lowest BCUT2D eigenvalue weighted by atomic mass is 10.1. The molecule has 0 bridgehead atoms. The Labute approximate surface area is 102 Å². The number of hydrogen-bond donors (Lipinski definition) is 1. The first-order valence-corrected chi connectivity index (χ1v) is 5.90. The van der Waals surface area contributed by atoms with Gasteiger partial charge in [0.15, 0.2) is 5.82 Å². The summed E-state index contributed by atoms with van der Waals surface area (Å²) in [7, 11) is 0. The molecular weight excluding hydrogens is 212 g/mol. The molecule has 0 fully saturated rings. The first kappa shape index (κ1) is 11.8. The number of hydrogen-bond acceptors (Lipinski definition) is 3. The van der Waals surface area contributed by atoms with E-state index < -0.39 is 0 Å². The molecule has 0 unspecified atom stereocenters. The molecule has 0 aliphatic rings. The first-order chi connectivity index (χ1) is 8.22. The zero-order chi connectivity index (χ0) is 12.3. The summed E-state index contributed by atoms with van der Waals surface area (Å²) in [5.74, 6) is 0.924. The Balaban J connectivity index is 2.47. The average molecular weight is 230 g/mol. The summed E-state index contributed by atoms with van der Waals surface area (Å²) in [6, 6.07) is 4.02. The molecule has 2 aromatic rings. The van der Waals surface area contributed by atoms with E-state index in [4.69, 9.17) is 0 Å². The molecule has 1 N–H and O–H groups in total. The van der Waals surface area contributed by atoms with E-state index in [0.717, 1.165) is 24.6 Å². The van der Waals surface area contributed by atoms with Crippen molar-refractivity contribution in [1.82, 2.24) is 20.1 Å². The second-order valence-corrected chi connectivity index (χ2v) is 4.11. The van der Waals surface area contributed by atoms with Crippen molar-refractivity contribution in [3.05, 3.63) is 41.3 Å². The Morgan fingerprint density at radius 2 is 2.18 bits per heavy atom. The Morgan fingerprint density at radius 1 is 1.35 bits per heavy atom. The topological polar surface area (TPSA) is 42.7 Å². The van der Waals surface area contributed by atoms with E-state index in [1.165, 1.54) is 11.1 Å². The maximum atomic E-state index is 4.59. The maximum Gasteiger partial charge on any atom is 0.158 e. The molecule has 0 saturated carbocycles. The maximum absolute atomic E-state index is 4.59. The van der Waals surface area contributed by atoms with Crippen LogP contribution in [0.15, 0.2) is 24.5 Å². The van der Waals surface area contributed by atoms with Crippen LogP contribution in [-0.4, -0.2) is 21.3 Å². The Kier molecular flexibility index (Phi) is 3.54. The summed E-state index contributed by atoms with van der Waals surface area (Å²) in [5.41, 5.74) is 3.48. The summed E-state index contributed by atoms with van der Waals surface area (Å²) in [5, 5.41) is 7.61. The predicted octanol–water partition coefficient (Wildman–Crippen LogP) is 1.99. The molecule has 2 aromatic heterocycles. The van der Waals surface area contributed by atoms with Crippen molar-refractivity contribution in [3.8, 4) is 5.82 Å². The van der Waals surface area contributed by atoms with Crippen molar-refractivity contribution < 1.29 is 0 Å². The van der Waals surface area contributed by atoms with E-state index in [9.17, 15) is 0 Å². The molecule has 0 aromatic carbocycles. The van der Waals surface area contributed by atoms with Gasteiger partial charge in [-0.15, -0.1) is 0 Å². The highest BCUT2D eigenvalue weighted by molar-refractivity contribution is 5.40. The molecule has 0 radical (unpaired) electrons. The van der Waals surface area contributed by atoms with Gasteiger partial charge >= 0.3 is 0 Å². The highest BCUT2D eigenvalue weighted by atomic mass is 15.3. The van der Waals surface area contributed by atoms with Crippen LogP contribution >= 0.6 is 0 Å². The summed E-state index contributed by atoms with van der Waals surface area (Å²) in [6.45, 7) is 8.01. The molecule has 4 heteroatoms. The van der Waals surface area contributed by atoms with Gasteiger partial charge in [-0.2, -0.15) is 5.10 Å². The van der Waals surface area contributed by atoms with Crippen LogP contribution in [0.2, 0.25) is 0 Å². The fourth-order valence-electron chi connectivity index (χ4n) is 1.90. The molecule has 0 aliphatic carbocycles. The van der Waals surface area contributed by atoms with E-state index in [-0.39, 0.29) is 0 Å². The highest BCUT2D eigenvalue weighted by Gasteiger charge is 2.10. The van der Waals surface area contributed by atoms with Gasteiger partial charge in [0.05, 0.1) is 0 Å². The predicted molar refractivity (Wildman–Crippen MR) is 68.2 cm³/mol. The molecule has 0 aliphatic heterocycles. The third-order valence-corrected chi connectivity index (χ3v) is 2.73. The summed E-state index contributed by atoms with van der Waals surface area (Å²) < 4.78 is 1.83.